The van der Waals surface area contributed by atoms with E-state index in [1.165, 1.54) is 11.1 Å². The van der Waals surface area contributed by atoms with Gasteiger partial charge in [-0.15, -0.1) is 0 Å². The lowest BCUT2D eigenvalue weighted by molar-refractivity contribution is 0.0760. The fourth-order valence-corrected chi connectivity index (χ4v) is 1.95. The van der Waals surface area contributed by atoms with Gasteiger partial charge in [-0.05, 0) is 57.4 Å². The minimum Gasteiger partial charge on any atom is -0.496 e. The third-order valence-corrected chi connectivity index (χ3v) is 2.99. The van der Waals surface area contributed by atoms with Gasteiger partial charge in [0.25, 0.3) is 0 Å². The molecule has 1 aromatic rings. The third-order valence-electron chi connectivity index (χ3n) is 2.99. The zero-order valence-electron chi connectivity index (χ0n) is 12.7. The van der Waals surface area contributed by atoms with Crippen molar-refractivity contribution in [3.63, 3.8) is 0 Å². The predicted octanol–water partition coefficient (Wildman–Crippen LogP) is 3.30. The summed E-state index contributed by atoms with van der Waals surface area (Å²) in [6.07, 6.45) is 2.62. The van der Waals surface area contributed by atoms with Crippen molar-refractivity contribution < 1.29 is 9.47 Å². The molecule has 1 rings (SSSR count). The molecule has 0 fully saturated rings. The van der Waals surface area contributed by atoms with Gasteiger partial charge in [0, 0.05) is 13.2 Å². The van der Waals surface area contributed by atoms with E-state index in [0.29, 0.717) is 6.10 Å². The van der Waals surface area contributed by atoms with Gasteiger partial charge in [0.05, 0.1) is 13.2 Å². The first-order valence-corrected chi connectivity index (χ1v) is 7.09. The molecule has 0 aliphatic rings. The van der Waals surface area contributed by atoms with Crippen LogP contribution in [0.15, 0.2) is 18.2 Å². The van der Waals surface area contributed by atoms with E-state index in [-0.39, 0.29) is 0 Å². The van der Waals surface area contributed by atoms with Gasteiger partial charge >= 0.3 is 0 Å². The van der Waals surface area contributed by atoms with Crippen molar-refractivity contribution in [3.05, 3.63) is 29.3 Å². The molecule has 0 aliphatic heterocycles. The van der Waals surface area contributed by atoms with E-state index in [1.807, 2.05) is 6.07 Å². The molecule has 1 N–H and O–H groups in total. The van der Waals surface area contributed by atoms with E-state index in [1.54, 1.807) is 7.11 Å². The Kier molecular flexibility index (Phi) is 7.53. The van der Waals surface area contributed by atoms with E-state index in [0.717, 1.165) is 38.3 Å². The number of unbranched alkanes of at least 4 members (excludes halogenated alkanes) is 1. The van der Waals surface area contributed by atoms with Gasteiger partial charge in [0.15, 0.2) is 0 Å². The van der Waals surface area contributed by atoms with Crippen LogP contribution in [0.2, 0.25) is 0 Å². The molecule has 0 spiro atoms. The highest BCUT2D eigenvalue weighted by molar-refractivity contribution is 5.36. The van der Waals surface area contributed by atoms with Gasteiger partial charge < -0.3 is 14.8 Å². The van der Waals surface area contributed by atoms with Crippen molar-refractivity contribution in [3.8, 4) is 5.75 Å². The van der Waals surface area contributed by atoms with Crippen molar-refractivity contribution in [1.29, 1.82) is 0 Å². The smallest absolute Gasteiger partial charge is 0.121 e. The maximum absolute atomic E-state index is 5.51. The highest BCUT2D eigenvalue weighted by Gasteiger charge is 1.99. The van der Waals surface area contributed by atoms with Crippen LogP contribution < -0.4 is 10.1 Å². The third kappa shape index (κ3) is 6.60. The lowest BCUT2D eigenvalue weighted by Crippen LogP contribution is -2.15. The van der Waals surface area contributed by atoms with Crippen molar-refractivity contribution in [2.75, 3.05) is 20.3 Å². The van der Waals surface area contributed by atoms with Gasteiger partial charge in [-0.3, -0.25) is 0 Å². The average molecular weight is 265 g/mol. The lowest BCUT2D eigenvalue weighted by atomic mass is 10.1. The summed E-state index contributed by atoms with van der Waals surface area (Å²) in [6, 6.07) is 6.32. The zero-order chi connectivity index (χ0) is 14.1. The molecule has 0 saturated heterocycles. The van der Waals surface area contributed by atoms with Crippen LogP contribution in [0.25, 0.3) is 0 Å². The molecule has 3 heteroatoms. The number of hydrogen-bond donors (Lipinski definition) is 1. The summed E-state index contributed by atoms with van der Waals surface area (Å²) in [5, 5.41) is 3.46. The number of nitrogens with one attached hydrogen (secondary N) is 1. The molecule has 0 radical (unpaired) electrons. The second-order valence-corrected chi connectivity index (χ2v) is 5.11. The number of methoxy groups -OCH3 is 1. The van der Waals surface area contributed by atoms with Crippen LogP contribution in [0.5, 0.6) is 5.75 Å². The predicted molar refractivity (Wildman–Crippen MR) is 79.8 cm³/mol. The number of hydrogen-bond acceptors (Lipinski definition) is 3. The van der Waals surface area contributed by atoms with E-state index in [9.17, 15) is 0 Å². The van der Waals surface area contributed by atoms with Gasteiger partial charge in [0.2, 0.25) is 0 Å². The first kappa shape index (κ1) is 16.0. The molecular formula is C16H27NO2. The quantitative estimate of drug-likeness (QED) is 0.695. The summed E-state index contributed by atoms with van der Waals surface area (Å²) in [7, 11) is 1.71. The fraction of sp³-hybridized carbons (Fsp3) is 0.625. The average Bonchev–Trinajstić information content (AvgIpc) is 2.37. The molecule has 0 unspecified atom stereocenters. The number of aryl methyl sites for hydroxylation is 1. The van der Waals surface area contributed by atoms with Crippen LogP contribution in [0, 0.1) is 6.92 Å². The molecule has 3 nitrogen and oxygen atoms in total. The summed E-state index contributed by atoms with van der Waals surface area (Å²) in [4.78, 5) is 0. The van der Waals surface area contributed by atoms with E-state index in [4.69, 9.17) is 9.47 Å². The second-order valence-electron chi connectivity index (χ2n) is 5.11. The monoisotopic (exact) mass is 265 g/mol. The minimum absolute atomic E-state index is 0.343. The minimum atomic E-state index is 0.343. The van der Waals surface area contributed by atoms with Crippen LogP contribution in [0.1, 0.15) is 37.8 Å². The normalized spacial score (nSPS) is 11.0. The first-order chi connectivity index (χ1) is 9.13. The second kappa shape index (κ2) is 8.94. The van der Waals surface area contributed by atoms with Crippen molar-refractivity contribution in [2.24, 2.45) is 0 Å². The van der Waals surface area contributed by atoms with Crippen LogP contribution in [-0.2, 0) is 11.3 Å². The zero-order valence-corrected chi connectivity index (χ0v) is 12.7. The SMILES string of the molecule is COc1ccc(CNCCCCOC(C)C)cc1C. The Balaban J connectivity index is 2.14. The van der Waals surface area contributed by atoms with Crippen LogP contribution in [0.4, 0.5) is 0 Å². The highest BCUT2D eigenvalue weighted by atomic mass is 16.5. The Morgan fingerprint density at radius 1 is 1.21 bits per heavy atom. The van der Waals surface area contributed by atoms with Crippen LogP contribution >= 0.6 is 0 Å². The van der Waals surface area contributed by atoms with E-state index in [2.05, 4.69) is 38.2 Å². The van der Waals surface area contributed by atoms with Gasteiger partial charge in [0.1, 0.15) is 5.75 Å². The van der Waals surface area contributed by atoms with Gasteiger partial charge in [-0.25, -0.2) is 0 Å². The Hall–Kier alpha value is -1.06. The van der Waals surface area contributed by atoms with Gasteiger partial charge in [-0.1, -0.05) is 12.1 Å². The van der Waals surface area contributed by atoms with Crippen LogP contribution in [-0.4, -0.2) is 26.4 Å². The summed E-state index contributed by atoms with van der Waals surface area (Å²) in [5.74, 6) is 0.953. The molecule has 0 aliphatic carbocycles. The molecule has 0 amide bonds. The van der Waals surface area contributed by atoms with Crippen molar-refractivity contribution >= 4 is 0 Å². The number of benzene rings is 1. The highest BCUT2D eigenvalue weighted by Crippen LogP contribution is 2.18. The Morgan fingerprint density at radius 3 is 2.63 bits per heavy atom. The molecule has 0 aromatic heterocycles. The van der Waals surface area contributed by atoms with E-state index < -0.39 is 0 Å². The summed E-state index contributed by atoms with van der Waals surface area (Å²) in [6.45, 7) is 9.03. The molecule has 0 heterocycles. The molecule has 108 valence electrons. The topological polar surface area (TPSA) is 30.5 Å². The molecule has 0 bridgehead atoms. The first-order valence-electron chi connectivity index (χ1n) is 7.09. The molecule has 19 heavy (non-hydrogen) atoms. The molecular weight excluding hydrogens is 238 g/mol. The maximum Gasteiger partial charge on any atom is 0.121 e. The summed E-state index contributed by atoms with van der Waals surface area (Å²) >= 11 is 0. The van der Waals surface area contributed by atoms with Crippen molar-refractivity contribution in [1.82, 2.24) is 5.32 Å². The fourth-order valence-electron chi connectivity index (χ4n) is 1.95. The summed E-state index contributed by atoms with van der Waals surface area (Å²) in [5.41, 5.74) is 2.49. The van der Waals surface area contributed by atoms with Crippen molar-refractivity contribution in [2.45, 2.75) is 46.3 Å². The molecule has 0 saturated carbocycles. The van der Waals surface area contributed by atoms with Crippen LogP contribution in [0.3, 0.4) is 0 Å². The Bertz CT molecular complexity index is 364. The Morgan fingerprint density at radius 2 is 2.00 bits per heavy atom. The standard InChI is InChI=1S/C16H27NO2/c1-13(2)19-10-6-5-9-17-12-15-7-8-16(18-4)14(3)11-15/h7-8,11,13,17H,5-6,9-10,12H2,1-4H3. The Labute approximate surface area is 117 Å². The summed E-state index contributed by atoms with van der Waals surface area (Å²) < 4.78 is 10.8. The molecule has 0 atom stereocenters. The number of ether oxygens (including phenoxy) is 2. The maximum atomic E-state index is 5.51. The number of rotatable bonds is 9. The molecule has 1 aromatic carbocycles. The lowest BCUT2D eigenvalue weighted by Gasteiger charge is -2.09. The van der Waals surface area contributed by atoms with Gasteiger partial charge in [-0.2, -0.15) is 0 Å². The largest absolute Gasteiger partial charge is 0.496 e. The van der Waals surface area contributed by atoms with E-state index >= 15 is 0 Å².